The molecule has 3 rings (SSSR count). The molecule has 6 nitrogen and oxygen atoms in total. The number of thioether (sulfide) groups is 1. The number of rotatable bonds is 7. The van der Waals surface area contributed by atoms with Gasteiger partial charge in [-0.2, -0.15) is 0 Å². The third kappa shape index (κ3) is 4.68. The molecule has 0 unspecified atom stereocenters. The lowest BCUT2D eigenvalue weighted by Crippen LogP contribution is -2.25. The Morgan fingerprint density at radius 1 is 1.04 bits per heavy atom. The molecule has 0 aliphatic rings. The molecular weight excluding hydrogens is 358 g/mol. The van der Waals surface area contributed by atoms with Gasteiger partial charge in [-0.1, -0.05) is 47.7 Å². The van der Waals surface area contributed by atoms with Gasteiger partial charge in [0.1, 0.15) is 0 Å². The van der Waals surface area contributed by atoms with E-state index >= 15 is 0 Å². The molecule has 25 heavy (non-hydrogen) atoms. The van der Waals surface area contributed by atoms with E-state index in [1.54, 1.807) is 30.3 Å². The van der Waals surface area contributed by atoms with Crippen LogP contribution in [0, 0.1) is 6.92 Å². The number of nitrogens with one attached hydrogen (secondary N) is 1. The van der Waals surface area contributed by atoms with Crippen molar-refractivity contribution < 1.29 is 12.8 Å². The smallest absolute Gasteiger partial charge is 0.276 e. The molecule has 8 heteroatoms. The second-order valence-electron chi connectivity index (χ2n) is 5.30. The van der Waals surface area contributed by atoms with Crippen LogP contribution in [0.2, 0.25) is 0 Å². The van der Waals surface area contributed by atoms with Crippen molar-refractivity contribution in [3.63, 3.8) is 0 Å². The molecule has 0 spiro atoms. The average molecular weight is 375 g/mol. The molecule has 1 aromatic heterocycles. The fraction of sp³-hybridized carbons (Fsp3) is 0.176. The van der Waals surface area contributed by atoms with Crippen LogP contribution in [0.25, 0.3) is 11.5 Å². The molecule has 1 heterocycles. The summed E-state index contributed by atoms with van der Waals surface area (Å²) in [5.74, 6) is 0.939. The second kappa shape index (κ2) is 7.81. The van der Waals surface area contributed by atoms with Crippen molar-refractivity contribution in [1.29, 1.82) is 0 Å². The molecule has 0 atom stereocenters. The van der Waals surface area contributed by atoms with E-state index < -0.39 is 10.0 Å². The van der Waals surface area contributed by atoms with Crippen LogP contribution in [-0.2, 0) is 10.0 Å². The standard InChI is InChI=1S/C17H17N3O3S2/c1-13-7-9-14(10-8-13)16-19-20-17(23-16)24-12-11-18-25(21,22)15-5-3-2-4-6-15/h2-10,18H,11-12H2,1H3. The largest absolute Gasteiger partial charge is 0.411 e. The normalized spacial score (nSPS) is 11.6. The Morgan fingerprint density at radius 3 is 2.48 bits per heavy atom. The second-order valence-corrected chi connectivity index (χ2v) is 8.11. The zero-order valence-corrected chi connectivity index (χ0v) is 15.2. The Hall–Kier alpha value is -2.16. The van der Waals surface area contributed by atoms with Gasteiger partial charge in [0.05, 0.1) is 4.90 Å². The van der Waals surface area contributed by atoms with Crippen molar-refractivity contribution in [2.24, 2.45) is 0 Å². The van der Waals surface area contributed by atoms with Crippen LogP contribution >= 0.6 is 11.8 Å². The topological polar surface area (TPSA) is 85.1 Å². The van der Waals surface area contributed by atoms with Crippen LogP contribution in [0.1, 0.15) is 5.56 Å². The first kappa shape index (κ1) is 17.7. The van der Waals surface area contributed by atoms with Crippen molar-refractivity contribution in [2.45, 2.75) is 17.0 Å². The highest BCUT2D eigenvalue weighted by Gasteiger charge is 2.13. The summed E-state index contributed by atoms with van der Waals surface area (Å²) in [6.07, 6.45) is 0. The lowest BCUT2D eigenvalue weighted by Gasteiger charge is -2.05. The monoisotopic (exact) mass is 375 g/mol. The molecule has 0 saturated heterocycles. The molecule has 130 valence electrons. The predicted molar refractivity (Wildman–Crippen MR) is 96.8 cm³/mol. The number of aromatic nitrogens is 2. The minimum atomic E-state index is -3.49. The van der Waals surface area contributed by atoms with Crippen LogP contribution in [0.3, 0.4) is 0 Å². The molecule has 0 radical (unpaired) electrons. The van der Waals surface area contributed by atoms with E-state index in [4.69, 9.17) is 4.42 Å². The van der Waals surface area contributed by atoms with E-state index in [9.17, 15) is 8.42 Å². The van der Waals surface area contributed by atoms with Gasteiger partial charge in [0, 0.05) is 17.9 Å². The van der Waals surface area contributed by atoms with Crippen molar-refractivity contribution in [1.82, 2.24) is 14.9 Å². The molecule has 0 saturated carbocycles. The molecule has 0 amide bonds. The molecule has 0 fully saturated rings. The first-order valence-electron chi connectivity index (χ1n) is 7.63. The molecule has 1 N–H and O–H groups in total. The Labute approximate surface area is 150 Å². The van der Waals surface area contributed by atoms with Gasteiger partial charge in [-0.25, -0.2) is 13.1 Å². The summed E-state index contributed by atoms with van der Waals surface area (Å²) in [7, 11) is -3.49. The summed E-state index contributed by atoms with van der Waals surface area (Å²) in [5.41, 5.74) is 2.01. The average Bonchev–Trinajstić information content (AvgIpc) is 3.09. The summed E-state index contributed by atoms with van der Waals surface area (Å²) < 4.78 is 32.3. The minimum absolute atomic E-state index is 0.249. The zero-order chi connectivity index (χ0) is 17.7. The maximum absolute atomic E-state index is 12.1. The third-order valence-corrected chi connectivity index (χ3v) is 5.68. The highest BCUT2D eigenvalue weighted by molar-refractivity contribution is 7.99. The van der Waals surface area contributed by atoms with Crippen LogP contribution in [-0.4, -0.2) is 30.9 Å². The fourth-order valence-corrected chi connectivity index (χ4v) is 3.88. The van der Waals surface area contributed by atoms with Gasteiger partial charge in [-0.3, -0.25) is 0 Å². The maximum Gasteiger partial charge on any atom is 0.276 e. The maximum atomic E-state index is 12.1. The Morgan fingerprint density at radius 2 is 1.76 bits per heavy atom. The van der Waals surface area contributed by atoms with E-state index in [1.165, 1.54) is 11.8 Å². The van der Waals surface area contributed by atoms with Crippen molar-refractivity contribution in [2.75, 3.05) is 12.3 Å². The molecule has 0 aliphatic carbocycles. The summed E-state index contributed by atoms with van der Waals surface area (Å²) in [4.78, 5) is 0.249. The van der Waals surface area contributed by atoms with Crippen LogP contribution < -0.4 is 4.72 Å². The molecular formula is C17H17N3O3S2. The first-order chi connectivity index (χ1) is 12.0. The number of sulfonamides is 1. The van der Waals surface area contributed by atoms with Crippen LogP contribution in [0.4, 0.5) is 0 Å². The van der Waals surface area contributed by atoms with E-state index in [2.05, 4.69) is 14.9 Å². The highest BCUT2D eigenvalue weighted by atomic mass is 32.2. The predicted octanol–water partition coefficient (Wildman–Crippen LogP) is 3.12. The van der Waals surface area contributed by atoms with Gasteiger partial charge >= 0.3 is 0 Å². The number of hydrogen-bond acceptors (Lipinski definition) is 6. The zero-order valence-electron chi connectivity index (χ0n) is 13.5. The van der Waals surface area contributed by atoms with E-state index in [1.807, 2.05) is 31.2 Å². The van der Waals surface area contributed by atoms with Crippen LogP contribution in [0.5, 0.6) is 0 Å². The van der Waals surface area contributed by atoms with Crippen molar-refractivity contribution in [3.05, 3.63) is 60.2 Å². The molecule has 0 aliphatic heterocycles. The van der Waals surface area contributed by atoms with Gasteiger partial charge in [0.25, 0.3) is 5.22 Å². The molecule has 2 aromatic carbocycles. The fourth-order valence-electron chi connectivity index (χ4n) is 2.08. The third-order valence-electron chi connectivity index (χ3n) is 3.38. The van der Waals surface area contributed by atoms with E-state index in [0.717, 1.165) is 11.1 Å². The minimum Gasteiger partial charge on any atom is -0.411 e. The lowest BCUT2D eigenvalue weighted by molar-refractivity contribution is 0.466. The Balaban J connectivity index is 1.52. The SMILES string of the molecule is Cc1ccc(-c2nnc(SCCNS(=O)(=O)c3ccccc3)o2)cc1. The highest BCUT2D eigenvalue weighted by Crippen LogP contribution is 2.23. The number of aryl methyl sites for hydroxylation is 1. The van der Waals surface area contributed by atoms with Crippen LogP contribution in [0.15, 0.2) is 69.1 Å². The summed E-state index contributed by atoms with van der Waals surface area (Å²) in [6, 6.07) is 16.1. The Kier molecular flexibility index (Phi) is 5.52. The van der Waals surface area contributed by atoms with Gasteiger partial charge in [0.15, 0.2) is 0 Å². The van der Waals surface area contributed by atoms with Gasteiger partial charge in [-0.05, 0) is 31.2 Å². The van der Waals surface area contributed by atoms with Crippen molar-refractivity contribution in [3.8, 4) is 11.5 Å². The van der Waals surface area contributed by atoms with Gasteiger partial charge in [-0.15, -0.1) is 10.2 Å². The van der Waals surface area contributed by atoms with Crippen molar-refractivity contribution >= 4 is 21.8 Å². The number of nitrogens with zero attached hydrogens (tertiary/aromatic N) is 2. The quantitative estimate of drug-likeness (QED) is 0.504. The molecule has 0 bridgehead atoms. The summed E-state index contributed by atoms with van der Waals surface area (Å²) >= 11 is 1.31. The number of hydrogen-bond donors (Lipinski definition) is 1. The van der Waals surface area contributed by atoms with E-state index in [0.29, 0.717) is 16.9 Å². The first-order valence-corrected chi connectivity index (χ1v) is 10.1. The summed E-state index contributed by atoms with van der Waals surface area (Å²) in [6.45, 7) is 2.28. The van der Waals surface area contributed by atoms with Gasteiger partial charge < -0.3 is 4.42 Å². The lowest BCUT2D eigenvalue weighted by atomic mass is 10.1. The van der Waals surface area contributed by atoms with E-state index in [-0.39, 0.29) is 11.4 Å². The number of benzene rings is 2. The van der Waals surface area contributed by atoms with Gasteiger partial charge in [0.2, 0.25) is 15.9 Å². The molecule has 3 aromatic rings. The summed E-state index contributed by atoms with van der Waals surface area (Å²) in [5, 5.41) is 8.40. The Bertz CT molecular complexity index is 923.